The number of benzene rings is 4. The van der Waals surface area contributed by atoms with E-state index in [-0.39, 0.29) is 101 Å². The molecule has 2 fully saturated rings. The smallest absolute Gasteiger partial charge is 0.373 e. The summed E-state index contributed by atoms with van der Waals surface area (Å²) in [5.74, 6) is -1.64. The molecule has 13 heteroatoms. The zero-order valence-corrected chi connectivity index (χ0v) is 32.5. The number of β-lactam (4-membered cyclic amide) rings is 1. The molecular formula is C45H44FN3O9. The second-order valence-electron chi connectivity index (χ2n) is 15.2. The van der Waals surface area contributed by atoms with Gasteiger partial charge in [0.1, 0.15) is 13.2 Å². The van der Waals surface area contributed by atoms with E-state index in [9.17, 15) is 24.5 Å². The van der Waals surface area contributed by atoms with Crippen molar-refractivity contribution in [3.8, 4) is 11.5 Å². The molecule has 4 aromatic rings. The Labute approximate surface area is 335 Å². The van der Waals surface area contributed by atoms with E-state index in [0.29, 0.717) is 31.8 Å². The van der Waals surface area contributed by atoms with Gasteiger partial charge in [0.25, 0.3) is 5.69 Å². The fourth-order valence-electron chi connectivity index (χ4n) is 8.23. The van der Waals surface area contributed by atoms with Crippen molar-refractivity contribution in [2.24, 2.45) is 23.7 Å². The van der Waals surface area contributed by atoms with Crippen LogP contribution in [-0.2, 0) is 27.6 Å². The molecular weight excluding hydrogens is 746 g/mol. The molecule has 0 bridgehead atoms. The lowest BCUT2D eigenvalue weighted by Gasteiger charge is -2.47. The van der Waals surface area contributed by atoms with Gasteiger partial charge >= 0.3 is 6.15 Å². The predicted molar refractivity (Wildman–Crippen MR) is 209 cm³/mol. The van der Waals surface area contributed by atoms with Crippen LogP contribution in [0.15, 0.2) is 108 Å². The average molecular weight is 790 g/mol. The van der Waals surface area contributed by atoms with Gasteiger partial charge in [-0.25, -0.2) is 4.39 Å². The Kier molecular flexibility index (Phi) is 13.1. The van der Waals surface area contributed by atoms with Gasteiger partial charge in [0, 0.05) is 43.1 Å². The highest BCUT2D eigenvalue weighted by Crippen LogP contribution is 2.49. The number of halogens is 1. The number of non-ortho nitro benzene ring substituents is 1. The van der Waals surface area contributed by atoms with E-state index >= 15 is 4.39 Å². The highest BCUT2D eigenvalue weighted by Gasteiger charge is 2.59. The van der Waals surface area contributed by atoms with Crippen molar-refractivity contribution in [3.63, 3.8) is 0 Å². The lowest BCUT2D eigenvalue weighted by atomic mass is 9.74. The number of ketones is 2. The molecule has 3 aliphatic rings. The molecule has 0 N–H and O–H groups in total. The number of amides is 1. The Morgan fingerprint density at radius 1 is 0.914 bits per heavy atom. The molecule has 3 heterocycles. The molecule has 12 nitrogen and oxygen atoms in total. The first kappa shape index (κ1) is 41.3. The van der Waals surface area contributed by atoms with Crippen molar-refractivity contribution in [1.29, 1.82) is 0 Å². The monoisotopic (exact) mass is 789 g/mol. The summed E-state index contributed by atoms with van der Waals surface area (Å²) in [6.45, 7) is 8.03. The van der Waals surface area contributed by atoms with Crippen molar-refractivity contribution in [2.45, 2.75) is 52.9 Å². The first-order chi connectivity index (χ1) is 27.9. The van der Waals surface area contributed by atoms with Crippen LogP contribution in [-0.4, -0.2) is 64.0 Å². The van der Waals surface area contributed by atoms with Gasteiger partial charge in [0.2, 0.25) is 11.7 Å². The maximum absolute atomic E-state index is 16.3. The summed E-state index contributed by atoms with van der Waals surface area (Å²) < 4.78 is 28.2. The van der Waals surface area contributed by atoms with Crippen LogP contribution < -0.4 is 9.47 Å². The number of nitro groups is 1. The molecule has 3 aliphatic heterocycles. The van der Waals surface area contributed by atoms with Gasteiger partial charge < -0.3 is 14.4 Å². The summed E-state index contributed by atoms with van der Waals surface area (Å²) in [6, 6.07) is 27.3. The number of rotatable bonds is 15. The largest absolute Gasteiger partial charge is 0.485 e. The number of nitro benzene ring substituents is 1. The molecule has 4 atom stereocenters. The molecule has 0 aromatic heterocycles. The maximum atomic E-state index is 16.3. The van der Waals surface area contributed by atoms with Crippen molar-refractivity contribution in [1.82, 2.24) is 9.80 Å². The van der Waals surface area contributed by atoms with Crippen molar-refractivity contribution in [3.05, 3.63) is 147 Å². The molecule has 1 amide bonds. The van der Waals surface area contributed by atoms with Gasteiger partial charge in [-0.3, -0.25) is 29.4 Å². The fraction of sp³-hybridized carbons (Fsp3) is 0.333. The normalized spacial score (nSPS) is 19.8. The average Bonchev–Trinajstić information content (AvgIpc) is 3.76. The molecule has 7 rings (SSSR count). The number of carbonyl (C=O) groups is 3. The zero-order valence-electron chi connectivity index (χ0n) is 32.5. The molecule has 0 unspecified atom stereocenters. The molecule has 0 aliphatic carbocycles. The number of hydrogen-bond donors (Lipinski definition) is 0. The second kappa shape index (κ2) is 18.3. The minimum absolute atomic E-state index is 0.0530. The molecule has 58 heavy (non-hydrogen) atoms. The van der Waals surface area contributed by atoms with Crippen LogP contribution in [0.1, 0.15) is 65.5 Å². The predicted octanol–water partition coefficient (Wildman–Crippen LogP) is 7.47. The Balaban J connectivity index is 0.00000183. The van der Waals surface area contributed by atoms with Crippen molar-refractivity contribution < 1.29 is 42.8 Å². The number of Topliss-reactive ketones (excluding diaryl/α,β-unsaturated/α-hetero) is 2. The number of hydrogen-bond acceptors (Lipinski definition) is 10. The first-order valence-corrected chi connectivity index (χ1v) is 19.2. The lowest BCUT2D eigenvalue weighted by molar-refractivity contribution is -0.384. The van der Waals surface area contributed by atoms with Crippen LogP contribution in [0.25, 0.3) is 0 Å². The zero-order chi connectivity index (χ0) is 41.5. The highest BCUT2D eigenvalue weighted by atomic mass is 19.1. The van der Waals surface area contributed by atoms with Gasteiger partial charge in [-0.1, -0.05) is 81.4 Å². The number of ether oxygens (including phenoxy) is 2. The number of nitrogens with zero attached hydrogens (tertiary/aromatic N) is 3. The topological polar surface area (TPSA) is 153 Å². The Hall–Kier alpha value is -6.30. The molecule has 0 saturated carbocycles. The first-order valence-electron chi connectivity index (χ1n) is 19.2. The lowest BCUT2D eigenvalue weighted by Crippen LogP contribution is -2.62. The van der Waals surface area contributed by atoms with Crippen LogP contribution >= 0.6 is 0 Å². The van der Waals surface area contributed by atoms with E-state index in [2.05, 4.69) is 11.8 Å². The Morgan fingerprint density at radius 3 is 2.10 bits per heavy atom. The van der Waals surface area contributed by atoms with E-state index in [1.54, 1.807) is 11.0 Å². The van der Waals surface area contributed by atoms with Crippen molar-refractivity contribution in [2.75, 3.05) is 19.6 Å². The van der Waals surface area contributed by atoms with Crippen LogP contribution in [0.4, 0.5) is 10.1 Å². The van der Waals surface area contributed by atoms with E-state index < -0.39 is 10.7 Å². The molecule has 4 aromatic carbocycles. The maximum Gasteiger partial charge on any atom is 0.373 e. The second-order valence-corrected chi connectivity index (χ2v) is 15.2. The SMILES string of the molecule is CC(C)[C@H]1C(=O)N2C(C(=O)c3ccc([N+](=O)[O-])cc3)=C(CN3CC[C@@H](CC(=O)c4ccc(OCc5ccccc5)c(OCc5ccccc5)c4F)C3)[C@H](C)[C@H]12.O=C=O. The molecule has 0 spiro atoms. The quantitative estimate of drug-likeness (QED) is 0.0513. The Bertz CT molecular complexity index is 2220. The Morgan fingerprint density at radius 2 is 1.52 bits per heavy atom. The third kappa shape index (κ3) is 8.81. The third-order valence-electron chi connectivity index (χ3n) is 11.1. The summed E-state index contributed by atoms with van der Waals surface area (Å²) in [7, 11) is 0. The third-order valence-corrected chi connectivity index (χ3v) is 11.1. The van der Waals surface area contributed by atoms with Crippen LogP contribution in [0.3, 0.4) is 0 Å². The molecule has 2 saturated heterocycles. The van der Waals surface area contributed by atoms with E-state index in [1.807, 2.05) is 74.5 Å². The summed E-state index contributed by atoms with van der Waals surface area (Å²) >= 11 is 0. The number of fused-ring (bicyclic) bond motifs is 1. The van der Waals surface area contributed by atoms with E-state index in [0.717, 1.165) is 16.7 Å². The van der Waals surface area contributed by atoms with E-state index in [4.69, 9.17) is 19.1 Å². The van der Waals surface area contributed by atoms with Gasteiger partial charge in [0.15, 0.2) is 23.1 Å². The van der Waals surface area contributed by atoms with Crippen LogP contribution in [0, 0.1) is 39.6 Å². The van der Waals surface area contributed by atoms with Gasteiger partial charge in [-0.15, -0.1) is 0 Å². The van der Waals surface area contributed by atoms with Gasteiger partial charge in [0.05, 0.1) is 28.1 Å². The number of allylic oxidation sites excluding steroid dienone is 1. The molecule has 0 radical (unpaired) electrons. The van der Waals surface area contributed by atoms with Crippen molar-refractivity contribution >= 4 is 29.3 Å². The van der Waals surface area contributed by atoms with Crippen LogP contribution in [0.5, 0.6) is 11.5 Å². The highest BCUT2D eigenvalue weighted by molar-refractivity contribution is 6.13. The fourth-order valence-corrected chi connectivity index (χ4v) is 8.23. The van der Waals surface area contributed by atoms with Gasteiger partial charge in [-0.2, -0.15) is 9.59 Å². The minimum atomic E-state index is -0.755. The van der Waals surface area contributed by atoms with Gasteiger partial charge in [-0.05, 0) is 65.8 Å². The summed E-state index contributed by atoms with van der Waals surface area (Å²) in [5.41, 5.74) is 3.06. The number of likely N-dealkylation sites (tertiary alicyclic amines) is 1. The summed E-state index contributed by atoms with van der Waals surface area (Å²) in [4.78, 5) is 72.0. The minimum Gasteiger partial charge on any atom is -0.485 e. The molecule has 300 valence electrons. The summed E-state index contributed by atoms with van der Waals surface area (Å²) in [5, 5.41) is 11.2. The summed E-state index contributed by atoms with van der Waals surface area (Å²) in [6.07, 6.45) is 1.08. The van der Waals surface area contributed by atoms with E-state index in [1.165, 1.54) is 30.3 Å². The number of carbonyl (C=O) groups excluding carboxylic acids is 5. The van der Waals surface area contributed by atoms with Crippen LogP contribution in [0.2, 0.25) is 0 Å². The standard InChI is InChI=1S/C44H44FN3O7.CO2/c1-27(2)38-40-28(3)35(41(47(40)44(38)51)42(50)32-14-16-33(17-15-32)48(52)53)24-46-21-20-31(23-46)22-36(49)34-18-19-37(54-25-29-10-6-4-7-11-29)43(39(34)45)55-26-30-12-8-5-9-13-30;2-1-3/h4-19,27-28,31,38,40H,20-26H2,1-3H3;/t28-,31-,38+,40+;/m0./s1.